The van der Waals surface area contributed by atoms with Crippen molar-refractivity contribution in [1.82, 2.24) is 41.5 Å². The minimum atomic E-state index is -1.27. The van der Waals surface area contributed by atoms with Crippen molar-refractivity contribution in [2.45, 2.75) is 76.5 Å². The first-order chi connectivity index (χ1) is 30.9. The summed E-state index contributed by atoms with van der Waals surface area (Å²) in [4.78, 5) is 90.6. The Balaban J connectivity index is 1.18. The van der Waals surface area contributed by atoms with E-state index >= 15 is 0 Å². The predicted octanol–water partition coefficient (Wildman–Crippen LogP) is 3.26. The first-order valence-electron chi connectivity index (χ1n) is 20.7. The Labute approximate surface area is 369 Å². The number of carbonyl (C=O) groups is 6. The highest BCUT2D eigenvalue weighted by Gasteiger charge is 2.32. The van der Waals surface area contributed by atoms with Gasteiger partial charge in [-0.1, -0.05) is 91.0 Å². The summed E-state index contributed by atoms with van der Waals surface area (Å²) in [6.07, 6.45) is 3.78. The molecule has 0 bridgehead atoms. The largest absolute Gasteiger partial charge is 0.489 e. The smallest absolute Gasteiger partial charge is 0.408 e. The molecule has 2 heterocycles. The van der Waals surface area contributed by atoms with Crippen molar-refractivity contribution in [3.8, 4) is 5.75 Å². The number of nitrogens with zero attached hydrogens (tertiary/aromatic N) is 1. The van der Waals surface area contributed by atoms with E-state index in [1.165, 1.54) is 26.4 Å². The average Bonchev–Trinajstić information content (AvgIpc) is 3.98. The number of nitrogens with one attached hydrogen (secondary N) is 7. The van der Waals surface area contributed by atoms with Crippen LogP contribution in [0.5, 0.6) is 5.75 Å². The Kier molecular flexibility index (Phi) is 15.8. The van der Waals surface area contributed by atoms with Crippen molar-refractivity contribution >= 4 is 46.5 Å². The Morgan fingerprint density at radius 1 is 0.594 bits per heavy atom. The van der Waals surface area contributed by atoms with Crippen LogP contribution >= 0.6 is 0 Å². The number of benzene rings is 4. The standard InChI is InChI=1S/C47H51N9O8/c1-29(42(48)57)52-45(60)40(22-34-24-50-38-16-10-9-15-37(34)38)54-43(58)30(2)53-44(59)39(21-31-17-19-36(20-18-31)63-26-32-11-5-3-6-12-32)55-46(61)41(23-35-25-49-28-51-35)56-47(62)64-27-33-13-7-4-8-14-33/h3-20,24-25,28-30,39-41,50H,21-23,26-27H2,1-2H3,(H2,48,57)(H,49,51)(H,52,60)(H,53,59)(H,54,58)(H,55,61)(H,56,62)/t29-,30?,39+,40+,41+/m0/s1. The van der Waals surface area contributed by atoms with E-state index in [2.05, 4.69) is 41.5 Å². The summed E-state index contributed by atoms with van der Waals surface area (Å²) in [5.41, 5.74) is 9.85. The lowest BCUT2D eigenvalue weighted by atomic mass is 10.0. The molecule has 332 valence electrons. The van der Waals surface area contributed by atoms with E-state index < -0.39 is 65.8 Å². The molecule has 0 aliphatic carbocycles. The summed E-state index contributed by atoms with van der Waals surface area (Å²) >= 11 is 0. The third kappa shape index (κ3) is 13.3. The average molecular weight is 870 g/mol. The van der Waals surface area contributed by atoms with Gasteiger partial charge in [0.05, 0.1) is 6.33 Å². The topological polar surface area (TPSA) is 252 Å². The SMILES string of the molecule is CC(NC(=O)[C@@H](Cc1ccc(OCc2ccccc2)cc1)NC(=O)[C@@H](Cc1cnc[nH]1)NC(=O)OCc1ccccc1)C(=O)N[C@H](Cc1c[nH]c2ccccc12)C(=O)N[C@@H](C)C(N)=O. The Bertz CT molecular complexity index is 2500. The van der Waals surface area contributed by atoms with E-state index in [0.29, 0.717) is 23.6 Å². The molecule has 2 aromatic heterocycles. The van der Waals surface area contributed by atoms with Gasteiger partial charge < -0.3 is 51.8 Å². The van der Waals surface area contributed by atoms with E-state index in [9.17, 15) is 28.8 Å². The van der Waals surface area contributed by atoms with Crippen LogP contribution in [0.3, 0.4) is 0 Å². The molecule has 1 unspecified atom stereocenters. The van der Waals surface area contributed by atoms with Crippen LogP contribution < -0.4 is 37.1 Å². The summed E-state index contributed by atoms with van der Waals surface area (Å²) in [6.45, 7) is 3.16. The van der Waals surface area contributed by atoms with Crippen molar-refractivity contribution in [2.75, 3.05) is 0 Å². The fourth-order valence-electron chi connectivity index (χ4n) is 6.70. The molecule has 17 heteroatoms. The van der Waals surface area contributed by atoms with Crippen molar-refractivity contribution in [2.24, 2.45) is 5.73 Å². The number of hydrogen-bond acceptors (Lipinski definition) is 9. The molecule has 5 atom stereocenters. The van der Waals surface area contributed by atoms with E-state index in [4.69, 9.17) is 15.2 Å². The number of nitrogens with two attached hydrogens (primary N) is 1. The highest BCUT2D eigenvalue weighted by Crippen LogP contribution is 2.20. The Morgan fingerprint density at radius 3 is 1.83 bits per heavy atom. The summed E-state index contributed by atoms with van der Waals surface area (Å²) in [7, 11) is 0. The summed E-state index contributed by atoms with van der Waals surface area (Å²) in [6, 6.07) is 27.2. The molecule has 17 nitrogen and oxygen atoms in total. The third-order valence-corrected chi connectivity index (χ3v) is 10.3. The normalized spacial score (nSPS) is 13.3. The van der Waals surface area contributed by atoms with E-state index in [1.54, 1.807) is 54.7 Å². The third-order valence-electron chi connectivity index (χ3n) is 10.3. The lowest BCUT2D eigenvalue weighted by Gasteiger charge is -2.25. The predicted molar refractivity (Wildman–Crippen MR) is 237 cm³/mol. The van der Waals surface area contributed by atoms with Gasteiger partial charge in [0.2, 0.25) is 29.5 Å². The van der Waals surface area contributed by atoms with Crippen LogP contribution in [0.2, 0.25) is 0 Å². The van der Waals surface area contributed by atoms with E-state index in [-0.39, 0.29) is 25.9 Å². The highest BCUT2D eigenvalue weighted by atomic mass is 16.5. The fourth-order valence-corrected chi connectivity index (χ4v) is 6.70. The molecule has 6 amide bonds. The number of imidazole rings is 1. The van der Waals surface area contributed by atoms with Crippen molar-refractivity contribution in [3.05, 3.63) is 156 Å². The van der Waals surface area contributed by atoms with Crippen LogP contribution in [0.4, 0.5) is 4.79 Å². The minimum absolute atomic E-state index is 0.0267. The van der Waals surface area contributed by atoms with Gasteiger partial charge in [-0.3, -0.25) is 24.0 Å². The molecular formula is C47H51N9O8. The number of para-hydroxylation sites is 1. The first-order valence-corrected chi connectivity index (χ1v) is 20.7. The van der Waals surface area contributed by atoms with Crippen molar-refractivity contribution in [1.29, 1.82) is 0 Å². The van der Waals surface area contributed by atoms with Crippen LogP contribution in [0, 0.1) is 0 Å². The number of H-pyrrole nitrogens is 2. The number of hydrogen-bond donors (Lipinski definition) is 8. The number of rotatable bonds is 21. The molecule has 4 aromatic carbocycles. The summed E-state index contributed by atoms with van der Waals surface area (Å²) < 4.78 is 11.3. The molecule has 0 radical (unpaired) electrons. The van der Waals surface area contributed by atoms with Gasteiger partial charge in [-0.05, 0) is 54.3 Å². The van der Waals surface area contributed by atoms with Gasteiger partial charge in [0.15, 0.2) is 0 Å². The second-order valence-corrected chi connectivity index (χ2v) is 15.2. The zero-order chi connectivity index (χ0) is 45.4. The number of ether oxygens (including phenoxy) is 2. The van der Waals surface area contributed by atoms with E-state index in [1.807, 2.05) is 60.7 Å². The second-order valence-electron chi connectivity index (χ2n) is 15.2. The van der Waals surface area contributed by atoms with Gasteiger partial charge in [-0.2, -0.15) is 0 Å². The number of aromatic amines is 2. The monoisotopic (exact) mass is 869 g/mol. The van der Waals surface area contributed by atoms with Crippen LogP contribution in [-0.4, -0.2) is 80.8 Å². The van der Waals surface area contributed by atoms with Gasteiger partial charge in [0.1, 0.15) is 49.2 Å². The van der Waals surface area contributed by atoms with Gasteiger partial charge in [0.25, 0.3) is 0 Å². The van der Waals surface area contributed by atoms with Crippen LogP contribution in [-0.2, 0) is 61.2 Å². The first kappa shape index (κ1) is 45.6. The molecule has 6 rings (SSSR count). The van der Waals surface area contributed by atoms with Gasteiger partial charge in [-0.15, -0.1) is 0 Å². The van der Waals surface area contributed by atoms with Crippen molar-refractivity contribution in [3.63, 3.8) is 0 Å². The maximum absolute atomic E-state index is 14.2. The zero-order valence-corrected chi connectivity index (χ0v) is 35.3. The second kappa shape index (κ2) is 22.2. The molecule has 0 aliphatic heterocycles. The number of amides is 6. The van der Waals surface area contributed by atoms with Gasteiger partial charge in [0, 0.05) is 48.3 Å². The molecular weight excluding hydrogens is 819 g/mol. The lowest BCUT2D eigenvalue weighted by Crippen LogP contribution is -2.59. The highest BCUT2D eigenvalue weighted by molar-refractivity contribution is 5.96. The number of alkyl carbamates (subject to hydrolysis) is 1. The molecule has 0 saturated heterocycles. The quantitative estimate of drug-likeness (QED) is 0.0528. The lowest BCUT2D eigenvalue weighted by molar-refractivity contribution is -0.134. The Hall–Kier alpha value is -7.95. The van der Waals surface area contributed by atoms with Crippen molar-refractivity contribution < 1.29 is 38.2 Å². The molecule has 9 N–H and O–H groups in total. The van der Waals surface area contributed by atoms with Crippen LogP contribution in [0.25, 0.3) is 10.9 Å². The number of primary amides is 1. The minimum Gasteiger partial charge on any atom is -0.489 e. The Morgan fingerprint density at radius 2 is 1.17 bits per heavy atom. The number of aromatic nitrogens is 3. The molecule has 0 aliphatic rings. The molecule has 0 saturated carbocycles. The van der Waals surface area contributed by atoms with Gasteiger partial charge >= 0.3 is 6.09 Å². The molecule has 6 aromatic rings. The number of carbonyl (C=O) groups excluding carboxylic acids is 6. The summed E-state index contributed by atoms with van der Waals surface area (Å²) in [5.74, 6) is -3.01. The van der Waals surface area contributed by atoms with Crippen LogP contribution in [0.1, 0.15) is 41.8 Å². The maximum Gasteiger partial charge on any atom is 0.408 e. The molecule has 64 heavy (non-hydrogen) atoms. The van der Waals surface area contributed by atoms with Crippen LogP contribution in [0.15, 0.2) is 128 Å². The van der Waals surface area contributed by atoms with Gasteiger partial charge in [-0.25, -0.2) is 9.78 Å². The number of fused-ring (bicyclic) bond motifs is 1. The molecule has 0 spiro atoms. The fraction of sp³-hybridized carbons (Fsp3) is 0.255. The van der Waals surface area contributed by atoms with E-state index in [0.717, 1.165) is 27.6 Å². The maximum atomic E-state index is 14.2. The molecule has 0 fully saturated rings. The summed E-state index contributed by atoms with van der Waals surface area (Å²) in [5, 5.41) is 14.1. The zero-order valence-electron chi connectivity index (χ0n) is 35.3.